The van der Waals surface area contributed by atoms with E-state index in [9.17, 15) is 18.0 Å². The molecule has 0 atom stereocenters. The molecule has 42 heavy (non-hydrogen) atoms. The smallest absolute Gasteiger partial charge is 0.491 e. The van der Waals surface area contributed by atoms with Gasteiger partial charge < -0.3 is 18.5 Å². The van der Waals surface area contributed by atoms with Crippen LogP contribution in [0.15, 0.2) is 83.8 Å². The summed E-state index contributed by atoms with van der Waals surface area (Å²) in [6, 6.07) is 17.1. The molecule has 0 spiro atoms. The van der Waals surface area contributed by atoms with E-state index in [4.69, 9.17) is 9.15 Å². The van der Waals surface area contributed by atoms with E-state index in [0.717, 1.165) is 22.5 Å². The summed E-state index contributed by atoms with van der Waals surface area (Å²) in [5, 5.41) is 8.55. The Morgan fingerprint density at radius 1 is 1.00 bits per heavy atom. The van der Waals surface area contributed by atoms with Gasteiger partial charge in [-0.1, -0.05) is 29.5 Å². The number of ether oxygens (including phenoxy) is 2. The number of esters is 1. The number of carbonyl (C=O) groups is 1. The van der Waals surface area contributed by atoms with Gasteiger partial charge in [0.2, 0.25) is 5.89 Å². The van der Waals surface area contributed by atoms with E-state index in [2.05, 4.69) is 25.0 Å². The highest BCUT2D eigenvalue weighted by Gasteiger charge is 2.41. The molecule has 0 fully saturated rings. The van der Waals surface area contributed by atoms with Gasteiger partial charge in [-0.25, -0.2) is 19.4 Å². The van der Waals surface area contributed by atoms with Gasteiger partial charge in [0.1, 0.15) is 11.4 Å². The maximum atomic E-state index is 12.7. The first kappa shape index (κ1) is 26.7. The Morgan fingerprint density at radius 2 is 1.79 bits per heavy atom. The molecule has 6 rings (SSSR count). The minimum Gasteiger partial charge on any atom is -0.495 e. The summed E-state index contributed by atoms with van der Waals surface area (Å²) < 4.78 is 57.3. The molecule has 0 aliphatic rings. The SMILES string of the molecule is COc1cc(-c2cn(Cc3ccc(-c4nc5c(OC(=O)C(F)(F)F)cccc5o4)cc3)nn2)ccc1-n1cnc(C)c1. The summed E-state index contributed by atoms with van der Waals surface area (Å²) in [6.07, 6.45) is 0.336. The maximum absolute atomic E-state index is 12.7. The molecule has 3 heterocycles. The van der Waals surface area contributed by atoms with E-state index in [-0.39, 0.29) is 22.7 Å². The summed E-state index contributed by atoms with van der Waals surface area (Å²) in [5.74, 6) is -1.84. The van der Waals surface area contributed by atoms with Crippen LogP contribution < -0.4 is 9.47 Å². The van der Waals surface area contributed by atoms with Gasteiger partial charge in [0.05, 0.1) is 37.6 Å². The fraction of sp³-hybridized carbons (Fsp3) is 0.138. The van der Waals surface area contributed by atoms with Crippen molar-refractivity contribution in [3.8, 4) is 39.9 Å². The van der Waals surface area contributed by atoms with Gasteiger partial charge in [-0.2, -0.15) is 13.2 Å². The van der Waals surface area contributed by atoms with Gasteiger partial charge in [-0.05, 0) is 48.9 Å². The largest absolute Gasteiger partial charge is 0.495 e. The molecule has 0 saturated carbocycles. The van der Waals surface area contributed by atoms with Crippen LogP contribution in [0.5, 0.6) is 11.5 Å². The number of hydrogen-bond acceptors (Lipinski definition) is 8. The number of benzene rings is 3. The maximum Gasteiger partial charge on any atom is 0.491 e. The minimum atomic E-state index is -5.13. The van der Waals surface area contributed by atoms with Gasteiger partial charge in [-0.3, -0.25) is 0 Å². The number of nitrogens with zero attached hydrogens (tertiary/aromatic N) is 6. The van der Waals surface area contributed by atoms with Gasteiger partial charge in [0.25, 0.3) is 0 Å². The molecule has 0 N–H and O–H groups in total. The van der Waals surface area contributed by atoms with Crippen molar-refractivity contribution in [1.29, 1.82) is 0 Å². The van der Waals surface area contributed by atoms with Gasteiger partial charge >= 0.3 is 12.1 Å². The zero-order chi connectivity index (χ0) is 29.4. The van der Waals surface area contributed by atoms with Crippen LogP contribution in [-0.2, 0) is 11.3 Å². The molecule has 0 radical (unpaired) electrons. The van der Waals surface area contributed by atoms with Crippen molar-refractivity contribution in [2.75, 3.05) is 7.11 Å². The van der Waals surface area contributed by atoms with Crippen LogP contribution >= 0.6 is 0 Å². The molecule has 0 aliphatic carbocycles. The lowest BCUT2D eigenvalue weighted by Crippen LogP contribution is -2.28. The van der Waals surface area contributed by atoms with Crippen LogP contribution in [0.3, 0.4) is 0 Å². The first-order chi connectivity index (χ1) is 20.2. The van der Waals surface area contributed by atoms with Crippen molar-refractivity contribution in [3.05, 3.63) is 90.6 Å². The number of aromatic nitrogens is 6. The van der Waals surface area contributed by atoms with Crippen LogP contribution in [0.1, 0.15) is 11.3 Å². The number of carbonyl (C=O) groups excluding carboxylic acids is 1. The number of oxazole rings is 1. The van der Waals surface area contributed by atoms with E-state index >= 15 is 0 Å². The van der Waals surface area contributed by atoms with Crippen molar-refractivity contribution < 1.29 is 31.9 Å². The first-order valence-electron chi connectivity index (χ1n) is 12.6. The Bertz CT molecular complexity index is 1910. The number of alkyl halides is 3. The highest BCUT2D eigenvalue weighted by Crippen LogP contribution is 2.32. The molecular weight excluding hydrogens is 553 g/mol. The van der Waals surface area contributed by atoms with E-state index in [0.29, 0.717) is 23.6 Å². The fourth-order valence-electron chi connectivity index (χ4n) is 4.34. The summed E-state index contributed by atoms with van der Waals surface area (Å²) in [7, 11) is 1.61. The lowest BCUT2D eigenvalue weighted by atomic mass is 10.1. The van der Waals surface area contributed by atoms with Crippen LogP contribution in [0.25, 0.3) is 39.5 Å². The Balaban J connectivity index is 1.18. The Hall–Kier alpha value is -5.46. The molecule has 0 saturated heterocycles. The number of methoxy groups -OCH3 is 1. The lowest BCUT2D eigenvalue weighted by Gasteiger charge is -2.10. The van der Waals surface area contributed by atoms with E-state index in [1.807, 2.05) is 54.2 Å². The number of para-hydroxylation sites is 1. The second kappa shape index (κ2) is 10.5. The van der Waals surface area contributed by atoms with Crippen LogP contribution in [0.4, 0.5) is 13.2 Å². The van der Waals surface area contributed by atoms with Crippen LogP contribution in [-0.4, -0.2) is 48.8 Å². The van der Waals surface area contributed by atoms with Gasteiger partial charge in [-0.15, -0.1) is 5.10 Å². The molecule has 0 amide bonds. The fourth-order valence-corrected chi connectivity index (χ4v) is 4.34. The number of hydrogen-bond donors (Lipinski definition) is 0. The number of halogens is 3. The summed E-state index contributed by atoms with van der Waals surface area (Å²) in [6.45, 7) is 2.35. The molecule has 0 unspecified atom stereocenters. The summed E-state index contributed by atoms with van der Waals surface area (Å²) in [5.41, 5.74) is 4.95. The highest BCUT2D eigenvalue weighted by atomic mass is 19.4. The third kappa shape index (κ3) is 5.31. The molecular formula is C29H21F3N6O4. The highest BCUT2D eigenvalue weighted by molar-refractivity contribution is 5.87. The van der Waals surface area contributed by atoms with Crippen molar-refractivity contribution in [2.24, 2.45) is 0 Å². The van der Waals surface area contributed by atoms with Crippen LogP contribution in [0, 0.1) is 6.92 Å². The van der Waals surface area contributed by atoms with Crippen molar-refractivity contribution in [3.63, 3.8) is 0 Å². The predicted molar refractivity (Wildman–Crippen MR) is 144 cm³/mol. The third-order valence-corrected chi connectivity index (χ3v) is 6.37. The average molecular weight is 575 g/mol. The molecule has 0 bridgehead atoms. The minimum absolute atomic E-state index is 0.00845. The van der Waals surface area contributed by atoms with Crippen LogP contribution in [0.2, 0.25) is 0 Å². The normalized spacial score (nSPS) is 11.6. The number of rotatable bonds is 7. The Kier molecular flexibility index (Phi) is 6.69. The Labute approximate surface area is 235 Å². The van der Waals surface area contributed by atoms with Gasteiger partial charge in [0.15, 0.2) is 16.8 Å². The zero-order valence-corrected chi connectivity index (χ0v) is 22.2. The summed E-state index contributed by atoms with van der Waals surface area (Å²) >= 11 is 0. The third-order valence-electron chi connectivity index (χ3n) is 6.37. The standard InChI is InChI=1S/C29H21F3N6O4/c1-17-13-37(16-33-17)22-11-10-20(12-25(22)40-2)21-15-38(36-35-21)14-18-6-8-19(9-7-18)27-34-26-23(41-27)4-3-5-24(26)42-28(39)29(30,31)32/h3-13,15-16H,14H2,1-2H3. The molecule has 3 aromatic carbocycles. The molecule has 6 aromatic rings. The lowest BCUT2D eigenvalue weighted by molar-refractivity contribution is -0.189. The number of aryl methyl sites for hydroxylation is 1. The Morgan fingerprint density at radius 3 is 2.50 bits per heavy atom. The quantitative estimate of drug-likeness (QED) is 0.175. The topological polar surface area (TPSA) is 110 Å². The number of imidazole rings is 1. The molecule has 10 nitrogen and oxygen atoms in total. The number of fused-ring (bicyclic) bond motifs is 1. The molecule has 212 valence electrons. The average Bonchev–Trinajstić information content (AvgIpc) is 3.73. The molecule has 0 aliphatic heterocycles. The monoisotopic (exact) mass is 574 g/mol. The van der Waals surface area contributed by atoms with Crippen molar-refractivity contribution in [2.45, 2.75) is 19.6 Å². The van der Waals surface area contributed by atoms with Crippen molar-refractivity contribution in [1.82, 2.24) is 29.5 Å². The molecule has 13 heteroatoms. The van der Waals surface area contributed by atoms with E-state index < -0.39 is 12.1 Å². The van der Waals surface area contributed by atoms with Gasteiger partial charge in [0, 0.05) is 17.3 Å². The van der Waals surface area contributed by atoms with Crippen molar-refractivity contribution >= 4 is 17.1 Å². The zero-order valence-electron chi connectivity index (χ0n) is 22.2. The first-order valence-corrected chi connectivity index (χ1v) is 12.6. The predicted octanol–water partition coefficient (Wildman–Crippen LogP) is 5.77. The van der Waals surface area contributed by atoms with E-state index in [1.54, 1.807) is 30.3 Å². The second-order valence-electron chi connectivity index (χ2n) is 9.32. The second-order valence-corrected chi connectivity index (χ2v) is 9.32. The van der Waals surface area contributed by atoms with E-state index in [1.165, 1.54) is 18.2 Å². The molecule has 3 aromatic heterocycles. The summed E-state index contributed by atoms with van der Waals surface area (Å²) in [4.78, 5) is 19.8.